The Bertz CT molecular complexity index is 585. The fourth-order valence-electron chi connectivity index (χ4n) is 1.47. The standard InChI is InChI=1S/C12H14N4O5/c13-11(17)8-3-4-9(10(7-8)16(20)21)14-5-1-2-6-15-12(18)19/h1-4,7,14-15H,5-6H2,(H2,13,17)(H,18,19)/b2-1+. The van der Waals surface area contributed by atoms with E-state index in [1.807, 2.05) is 0 Å². The van der Waals surface area contributed by atoms with E-state index in [4.69, 9.17) is 10.8 Å². The highest BCUT2D eigenvalue weighted by atomic mass is 16.6. The average molecular weight is 294 g/mol. The number of carbonyl (C=O) groups excluding carboxylic acids is 1. The van der Waals surface area contributed by atoms with Crippen LogP contribution in [0.15, 0.2) is 30.4 Å². The van der Waals surface area contributed by atoms with Gasteiger partial charge in [0.2, 0.25) is 5.91 Å². The number of amides is 2. The van der Waals surface area contributed by atoms with Crippen LogP contribution < -0.4 is 16.4 Å². The van der Waals surface area contributed by atoms with Gasteiger partial charge in [-0.3, -0.25) is 14.9 Å². The molecule has 21 heavy (non-hydrogen) atoms. The van der Waals surface area contributed by atoms with Gasteiger partial charge in [0.05, 0.1) is 4.92 Å². The van der Waals surface area contributed by atoms with E-state index in [0.717, 1.165) is 6.07 Å². The molecule has 0 bridgehead atoms. The molecule has 2 amide bonds. The summed E-state index contributed by atoms with van der Waals surface area (Å²) in [5.41, 5.74) is 5.09. The number of rotatable bonds is 7. The number of benzene rings is 1. The van der Waals surface area contributed by atoms with E-state index in [2.05, 4.69) is 10.6 Å². The second kappa shape index (κ2) is 7.48. The molecule has 5 N–H and O–H groups in total. The van der Waals surface area contributed by atoms with Gasteiger partial charge in [-0.2, -0.15) is 0 Å². The molecular formula is C12H14N4O5. The molecule has 0 unspecified atom stereocenters. The van der Waals surface area contributed by atoms with Crippen molar-refractivity contribution in [2.24, 2.45) is 5.73 Å². The first-order valence-corrected chi connectivity index (χ1v) is 5.85. The zero-order chi connectivity index (χ0) is 15.8. The van der Waals surface area contributed by atoms with Gasteiger partial charge in [0.1, 0.15) is 5.69 Å². The predicted octanol–water partition coefficient (Wildman–Crippen LogP) is 0.929. The summed E-state index contributed by atoms with van der Waals surface area (Å²) in [6.45, 7) is 0.401. The summed E-state index contributed by atoms with van der Waals surface area (Å²) in [5.74, 6) is -0.746. The van der Waals surface area contributed by atoms with Gasteiger partial charge in [0.25, 0.3) is 5.69 Å². The van der Waals surface area contributed by atoms with Crippen molar-refractivity contribution >= 4 is 23.4 Å². The highest BCUT2D eigenvalue weighted by Gasteiger charge is 2.15. The smallest absolute Gasteiger partial charge is 0.404 e. The first-order chi connectivity index (χ1) is 9.91. The average Bonchev–Trinajstić information content (AvgIpc) is 2.42. The monoisotopic (exact) mass is 294 g/mol. The van der Waals surface area contributed by atoms with E-state index in [9.17, 15) is 19.7 Å². The molecule has 0 aliphatic rings. The Morgan fingerprint density at radius 3 is 2.57 bits per heavy atom. The quantitative estimate of drug-likeness (QED) is 0.334. The van der Waals surface area contributed by atoms with Crippen LogP contribution in [0.4, 0.5) is 16.2 Å². The van der Waals surface area contributed by atoms with E-state index in [-0.39, 0.29) is 30.0 Å². The van der Waals surface area contributed by atoms with Crippen LogP contribution in [-0.2, 0) is 0 Å². The van der Waals surface area contributed by atoms with Gasteiger partial charge in [-0.1, -0.05) is 12.2 Å². The van der Waals surface area contributed by atoms with Crippen LogP contribution in [0.2, 0.25) is 0 Å². The number of nitro groups is 1. The molecular weight excluding hydrogens is 280 g/mol. The lowest BCUT2D eigenvalue weighted by atomic mass is 10.1. The maximum absolute atomic E-state index is 11.0. The SMILES string of the molecule is NC(=O)c1ccc(NC/C=C/CNC(=O)O)c([N+](=O)[O-])c1. The Morgan fingerprint density at radius 1 is 1.33 bits per heavy atom. The van der Waals surface area contributed by atoms with Crippen LogP contribution in [-0.4, -0.2) is 35.1 Å². The molecule has 0 aliphatic carbocycles. The van der Waals surface area contributed by atoms with Crippen molar-refractivity contribution in [3.8, 4) is 0 Å². The topological polar surface area (TPSA) is 148 Å². The molecule has 0 aromatic heterocycles. The van der Waals surface area contributed by atoms with E-state index >= 15 is 0 Å². The number of nitrogens with two attached hydrogens (primary N) is 1. The molecule has 0 saturated carbocycles. The van der Waals surface area contributed by atoms with Crippen LogP contribution in [0.25, 0.3) is 0 Å². The van der Waals surface area contributed by atoms with Crippen molar-refractivity contribution in [3.05, 3.63) is 46.0 Å². The summed E-state index contributed by atoms with van der Waals surface area (Å²) in [5, 5.41) is 24.2. The molecule has 112 valence electrons. The normalized spacial score (nSPS) is 10.3. The summed E-state index contributed by atoms with van der Waals surface area (Å²) in [6.07, 6.45) is 2.04. The first kappa shape index (κ1) is 16.0. The van der Waals surface area contributed by atoms with Gasteiger partial charge in [-0.25, -0.2) is 4.79 Å². The summed E-state index contributed by atoms with van der Waals surface area (Å²) < 4.78 is 0. The molecule has 0 saturated heterocycles. The summed E-state index contributed by atoms with van der Waals surface area (Å²) in [6, 6.07) is 3.87. The number of anilines is 1. The van der Waals surface area contributed by atoms with Crippen LogP contribution in [0, 0.1) is 10.1 Å². The minimum absolute atomic E-state index is 0.0495. The van der Waals surface area contributed by atoms with Crippen LogP contribution >= 0.6 is 0 Å². The summed E-state index contributed by atoms with van der Waals surface area (Å²) in [7, 11) is 0. The van der Waals surface area contributed by atoms with Crippen LogP contribution in [0.3, 0.4) is 0 Å². The number of nitrogens with one attached hydrogen (secondary N) is 2. The summed E-state index contributed by atoms with van der Waals surface area (Å²) >= 11 is 0. The molecule has 0 spiro atoms. The third-order valence-corrected chi connectivity index (χ3v) is 2.43. The van der Waals surface area contributed by atoms with Gasteiger partial charge in [-0.15, -0.1) is 0 Å². The fraction of sp³-hybridized carbons (Fsp3) is 0.167. The van der Waals surface area contributed by atoms with E-state index in [1.54, 1.807) is 12.2 Å². The Kier molecular flexibility index (Phi) is 5.68. The number of nitro benzene ring substituents is 1. The molecule has 1 aromatic rings. The minimum atomic E-state index is -1.13. The highest BCUT2D eigenvalue weighted by molar-refractivity contribution is 5.94. The molecule has 9 heteroatoms. The van der Waals surface area contributed by atoms with Gasteiger partial charge in [0, 0.05) is 24.7 Å². The van der Waals surface area contributed by atoms with Crippen molar-refractivity contribution in [3.63, 3.8) is 0 Å². The second-order valence-corrected chi connectivity index (χ2v) is 3.89. The largest absolute Gasteiger partial charge is 0.465 e. The molecule has 0 atom stereocenters. The van der Waals surface area contributed by atoms with E-state index < -0.39 is 16.9 Å². The fourth-order valence-corrected chi connectivity index (χ4v) is 1.47. The predicted molar refractivity (Wildman–Crippen MR) is 75.3 cm³/mol. The maximum Gasteiger partial charge on any atom is 0.404 e. The summed E-state index contributed by atoms with van der Waals surface area (Å²) in [4.78, 5) is 31.5. The lowest BCUT2D eigenvalue weighted by Crippen LogP contribution is -2.20. The van der Waals surface area contributed by atoms with Crippen LogP contribution in [0.1, 0.15) is 10.4 Å². The Balaban J connectivity index is 2.68. The van der Waals surface area contributed by atoms with E-state index in [1.165, 1.54) is 12.1 Å². The highest BCUT2D eigenvalue weighted by Crippen LogP contribution is 2.25. The Hall–Kier alpha value is -3.10. The first-order valence-electron chi connectivity index (χ1n) is 5.85. The maximum atomic E-state index is 11.0. The zero-order valence-corrected chi connectivity index (χ0v) is 10.9. The Morgan fingerprint density at radius 2 is 2.00 bits per heavy atom. The lowest BCUT2D eigenvalue weighted by Gasteiger charge is -2.05. The van der Waals surface area contributed by atoms with Crippen molar-refractivity contribution in [2.45, 2.75) is 0 Å². The van der Waals surface area contributed by atoms with Crippen molar-refractivity contribution < 1.29 is 19.6 Å². The van der Waals surface area contributed by atoms with Gasteiger partial charge in [-0.05, 0) is 12.1 Å². The van der Waals surface area contributed by atoms with Gasteiger partial charge >= 0.3 is 6.09 Å². The van der Waals surface area contributed by atoms with E-state index in [0.29, 0.717) is 0 Å². The lowest BCUT2D eigenvalue weighted by molar-refractivity contribution is -0.384. The van der Waals surface area contributed by atoms with Gasteiger partial charge < -0.3 is 21.5 Å². The molecule has 0 aliphatic heterocycles. The molecule has 0 heterocycles. The molecule has 0 fully saturated rings. The molecule has 1 rings (SSSR count). The number of nitrogens with zero attached hydrogens (tertiary/aromatic N) is 1. The molecule has 0 radical (unpaired) electrons. The molecule has 1 aromatic carbocycles. The van der Waals surface area contributed by atoms with Crippen LogP contribution in [0.5, 0.6) is 0 Å². The Labute approximate surface area is 119 Å². The van der Waals surface area contributed by atoms with Gasteiger partial charge in [0.15, 0.2) is 0 Å². The number of carboxylic acid groups (broad SMARTS) is 1. The second-order valence-electron chi connectivity index (χ2n) is 3.89. The third kappa shape index (κ3) is 5.19. The van der Waals surface area contributed by atoms with Crippen molar-refractivity contribution in [1.29, 1.82) is 0 Å². The zero-order valence-electron chi connectivity index (χ0n) is 10.9. The van der Waals surface area contributed by atoms with Crippen molar-refractivity contribution in [1.82, 2.24) is 5.32 Å². The molecule has 9 nitrogen and oxygen atoms in total. The number of hydrogen-bond acceptors (Lipinski definition) is 5. The number of primary amides is 1. The van der Waals surface area contributed by atoms with Crippen molar-refractivity contribution in [2.75, 3.05) is 18.4 Å². The minimum Gasteiger partial charge on any atom is -0.465 e. The number of carbonyl (C=O) groups is 2. The third-order valence-electron chi connectivity index (χ3n) is 2.43. The number of hydrogen-bond donors (Lipinski definition) is 4.